The minimum Gasteiger partial charge on any atom is -0.390 e. The zero-order chi connectivity index (χ0) is 16.4. The van der Waals surface area contributed by atoms with E-state index in [1.54, 1.807) is 12.4 Å². The van der Waals surface area contributed by atoms with Crippen molar-refractivity contribution in [2.75, 3.05) is 0 Å². The number of hydrogen-bond acceptors (Lipinski definition) is 4. The molecule has 0 aliphatic carbocycles. The fraction of sp³-hybridized carbons (Fsp3) is 0.0500. The van der Waals surface area contributed by atoms with Gasteiger partial charge in [0.1, 0.15) is 0 Å². The van der Waals surface area contributed by atoms with E-state index in [0.29, 0.717) is 5.69 Å². The third kappa shape index (κ3) is 2.64. The van der Waals surface area contributed by atoms with Gasteiger partial charge < -0.3 is 5.11 Å². The second-order valence-electron chi connectivity index (χ2n) is 5.50. The number of fused-ring (bicyclic) bond motifs is 1. The van der Waals surface area contributed by atoms with E-state index < -0.39 is 0 Å². The number of aliphatic hydroxyl groups excluding tert-OH is 1. The van der Waals surface area contributed by atoms with Crippen LogP contribution >= 0.6 is 0 Å². The van der Waals surface area contributed by atoms with E-state index >= 15 is 0 Å². The molecule has 4 nitrogen and oxygen atoms in total. The van der Waals surface area contributed by atoms with Crippen molar-refractivity contribution in [1.29, 1.82) is 0 Å². The number of pyridine rings is 3. The highest BCUT2D eigenvalue weighted by Gasteiger charge is 2.08. The van der Waals surface area contributed by atoms with Crippen molar-refractivity contribution in [3.05, 3.63) is 78.9 Å². The maximum Gasteiger partial charge on any atom is 0.0853 e. The molecule has 0 fully saturated rings. The summed E-state index contributed by atoms with van der Waals surface area (Å²) in [6.07, 6.45) is 5.40. The molecule has 4 aromatic rings. The van der Waals surface area contributed by atoms with Gasteiger partial charge in [0, 0.05) is 29.5 Å². The first kappa shape index (κ1) is 14.5. The van der Waals surface area contributed by atoms with E-state index in [2.05, 4.69) is 21.0 Å². The van der Waals surface area contributed by atoms with E-state index in [0.717, 1.165) is 33.3 Å². The van der Waals surface area contributed by atoms with Crippen LogP contribution in [0.2, 0.25) is 0 Å². The molecule has 24 heavy (non-hydrogen) atoms. The number of nitrogens with zero attached hydrogens (tertiary/aromatic N) is 3. The van der Waals surface area contributed by atoms with Gasteiger partial charge in [-0.15, -0.1) is 0 Å². The smallest absolute Gasteiger partial charge is 0.0853 e. The van der Waals surface area contributed by atoms with Crippen LogP contribution in [-0.4, -0.2) is 20.1 Å². The molecule has 3 aromatic heterocycles. The van der Waals surface area contributed by atoms with Gasteiger partial charge in [-0.05, 0) is 53.6 Å². The summed E-state index contributed by atoms with van der Waals surface area (Å²) in [4.78, 5) is 13.0. The number of aliphatic hydroxyl groups is 1. The van der Waals surface area contributed by atoms with Crippen molar-refractivity contribution in [2.24, 2.45) is 0 Å². The van der Waals surface area contributed by atoms with Crippen LogP contribution < -0.4 is 0 Å². The summed E-state index contributed by atoms with van der Waals surface area (Å²) in [5.74, 6) is 0. The fourth-order valence-corrected chi connectivity index (χ4v) is 2.82. The van der Waals surface area contributed by atoms with Crippen molar-refractivity contribution < 1.29 is 5.11 Å². The van der Waals surface area contributed by atoms with Crippen LogP contribution in [0.3, 0.4) is 0 Å². The molecule has 0 saturated heterocycles. The monoisotopic (exact) mass is 313 g/mol. The van der Waals surface area contributed by atoms with Crippen molar-refractivity contribution in [3.8, 4) is 22.4 Å². The van der Waals surface area contributed by atoms with E-state index in [1.165, 1.54) is 0 Å². The minimum atomic E-state index is -0.0642. The quantitative estimate of drug-likeness (QED) is 0.624. The number of benzene rings is 1. The zero-order valence-electron chi connectivity index (χ0n) is 12.9. The molecule has 0 aliphatic rings. The van der Waals surface area contributed by atoms with Gasteiger partial charge in [0.25, 0.3) is 0 Å². The fourth-order valence-electron chi connectivity index (χ4n) is 2.82. The molecule has 0 aliphatic heterocycles. The number of rotatable bonds is 3. The molecule has 0 amide bonds. The molecule has 0 radical (unpaired) electrons. The summed E-state index contributed by atoms with van der Waals surface area (Å²) < 4.78 is 0. The number of aromatic nitrogens is 3. The Hall–Kier alpha value is -3.11. The molecular weight excluding hydrogens is 298 g/mol. The largest absolute Gasteiger partial charge is 0.390 e. The summed E-state index contributed by atoms with van der Waals surface area (Å²) in [5.41, 5.74) is 5.66. The van der Waals surface area contributed by atoms with Crippen LogP contribution in [0.1, 0.15) is 5.69 Å². The summed E-state index contributed by atoms with van der Waals surface area (Å²) in [6.45, 7) is -0.0642. The second kappa shape index (κ2) is 6.18. The van der Waals surface area contributed by atoms with Crippen LogP contribution in [-0.2, 0) is 6.61 Å². The lowest BCUT2D eigenvalue weighted by Crippen LogP contribution is -1.92. The SMILES string of the molecule is OCc1cccc(-c2ccc3nccc(-c4ccncc4)c3c2)n1. The van der Waals surface area contributed by atoms with Crippen LogP contribution in [0.4, 0.5) is 0 Å². The van der Waals surface area contributed by atoms with Gasteiger partial charge in [-0.2, -0.15) is 0 Å². The Kier molecular flexibility index (Phi) is 3.73. The van der Waals surface area contributed by atoms with Gasteiger partial charge in [-0.25, -0.2) is 0 Å². The predicted octanol–water partition coefficient (Wildman–Crippen LogP) is 3.85. The standard InChI is InChI=1S/C20H15N3O/c24-13-16-2-1-3-19(23-16)15-4-5-20-18(12-15)17(8-11-22-20)14-6-9-21-10-7-14/h1-12,24H,13H2. The summed E-state index contributed by atoms with van der Waals surface area (Å²) in [5, 5.41) is 10.4. The molecule has 4 heteroatoms. The molecule has 0 atom stereocenters. The Morgan fingerprint density at radius 1 is 0.833 bits per heavy atom. The van der Waals surface area contributed by atoms with Gasteiger partial charge >= 0.3 is 0 Å². The first-order valence-electron chi connectivity index (χ1n) is 7.71. The van der Waals surface area contributed by atoms with Crippen LogP contribution in [0.5, 0.6) is 0 Å². The minimum absolute atomic E-state index is 0.0642. The van der Waals surface area contributed by atoms with Crippen LogP contribution in [0.15, 0.2) is 73.2 Å². The summed E-state index contributed by atoms with van der Waals surface area (Å²) in [7, 11) is 0. The Morgan fingerprint density at radius 2 is 1.71 bits per heavy atom. The molecule has 0 saturated carbocycles. The van der Waals surface area contributed by atoms with Crippen molar-refractivity contribution >= 4 is 10.9 Å². The van der Waals surface area contributed by atoms with Gasteiger partial charge in [-0.1, -0.05) is 12.1 Å². The van der Waals surface area contributed by atoms with E-state index in [1.807, 2.05) is 54.7 Å². The first-order valence-corrected chi connectivity index (χ1v) is 7.71. The van der Waals surface area contributed by atoms with E-state index in [-0.39, 0.29) is 6.61 Å². The average Bonchev–Trinajstić information content (AvgIpc) is 2.68. The Balaban J connectivity index is 1.91. The maximum atomic E-state index is 9.30. The average molecular weight is 313 g/mol. The molecule has 3 heterocycles. The molecule has 1 aromatic carbocycles. The topological polar surface area (TPSA) is 58.9 Å². The van der Waals surface area contributed by atoms with Gasteiger partial charge in [0.05, 0.1) is 23.5 Å². The van der Waals surface area contributed by atoms with E-state index in [4.69, 9.17) is 0 Å². The first-order chi connectivity index (χ1) is 11.8. The van der Waals surface area contributed by atoms with E-state index in [9.17, 15) is 5.11 Å². The lowest BCUT2D eigenvalue weighted by atomic mass is 9.99. The molecule has 0 bridgehead atoms. The normalized spacial score (nSPS) is 10.9. The lowest BCUT2D eigenvalue weighted by Gasteiger charge is -2.09. The highest BCUT2D eigenvalue weighted by Crippen LogP contribution is 2.30. The summed E-state index contributed by atoms with van der Waals surface area (Å²) in [6, 6.07) is 17.8. The molecular formula is C20H15N3O. The number of hydrogen-bond donors (Lipinski definition) is 1. The lowest BCUT2D eigenvalue weighted by molar-refractivity contribution is 0.277. The highest BCUT2D eigenvalue weighted by atomic mass is 16.3. The maximum absolute atomic E-state index is 9.30. The van der Waals surface area contributed by atoms with Gasteiger partial charge in [0.15, 0.2) is 0 Å². The Labute approximate surface area is 139 Å². The Bertz CT molecular complexity index is 1000. The molecule has 0 unspecified atom stereocenters. The molecule has 0 spiro atoms. The van der Waals surface area contributed by atoms with Crippen LogP contribution in [0, 0.1) is 0 Å². The molecule has 116 valence electrons. The van der Waals surface area contributed by atoms with Crippen molar-refractivity contribution in [2.45, 2.75) is 6.61 Å². The van der Waals surface area contributed by atoms with Gasteiger partial charge in [0.2, 0.25) is 0 Å². The highest BCUT2D eigenvalue weighted by molar-refractivity contribution is 5.96. The molecule has 4 rings (SSSR count). The zero-order valence-corrected chi connectivity index (χ0v) is 12.9. The third-order valence-electron chi connectivity index (χ3n) is 4.00. The summed E-state index contributed by atoms with van der Waals surface area (Å²) >= 11 is 0. The molecule has 1 N–H and O–H groups in total. The Morgan fingerprint density at radius 3 is 2.54 bits per heavy atom. The van der Waals surface area contributed by atoms with Crippen molar-refractivity contribution in [1.82, 2.24) is 15.0 Å². The third-order valence-corrected chi connectivity index (χ3v) is 4.00. The van der Waals surface area contributed by atoms with Gasteiger partial charge in [-0.3, -0.25) is 15.0 Å². The second-order valence-corrected chi connectivity index (χ2v) is 5.50. The van der Waals surface area contributed by atoms with Crippen LogP contribution in [0.25, 0.3) is 33.3 Å². The van der Waals surface area contributed by atoms with Crippen molar-refractivity contribution in [3.63, 3.8) is 0 Å². The predicted molar refractivity (Wildman–Crippen MR) is 94.1 cm³/mol.